The van der Waals surface area contributed by atoms with Gasteiger partial charge < -0.3 is 24.6 Å². The second-order valence-electron chi connectivity index (χ2n) is 4.02. The monoisotopic (exact) mass is 283 g/mol. The zero-order chi connectivity index (χ0) is 14.8. The van der Waals surface area contributed by atoms with Gasteiger partial charge in [0.25, 0.3) is 5.91 Å². The highest BCUT2D eigenvalue weighted by molar-refractivity contribution is 5.77. The van der Waals surface area contributed by atoms with Crippen molar-refractivity contribution >= 4 is 5.91 Å². The Bertz CT molecular complexity index is 387. The van der Waals surface area contributed by atoms with Gasteiger partial charge in [-0.05, 0) is 31.2 Å². The molecule has 0 saturated carbocycles. The van der Waals surface area contributed by atoms with Crippen molar-refractivity contribution in [3.63, 3.8) is 0 Å². The highest BCUT2D eigenvalue weighted by atomic mass is 16.5. The Balaban J connectivity index is 2.46. The largest absolute Gasteiger partial charge is 0.494 e. The van der Waals surface area contributed by atoms with E-state index < -0.39 is 0 Å². The molecule has 0 unspecified atom stereocenters. The van der Waals surface area contributed by atoms with Crippen LogP contribution in [0.5, 0.6) is 11.5 Å². The van der Waals surface area contributed by atoms with Crippen LogP contribution in [0.3, 0.4) is 0 Å². The second-order valence-corrected chi connectivity index (χ2v) is 4.02. The van der Waals surface area contributed by atoms with Crippen LogP contribution in [0.25, 0.3) is 0 Å². The van der Waals surface area contributed by atoms with Crippen LogP contribution in [0.2, 0.25) is 0 Å². The Morgan fingerprint density at radius 3 is 2.00 bits per heavy atom. The molecule has 1 amide bonds. The number of ether oxygens (including phenoxy) is 2. The predicted molar refractivity (Wildman–Crippen MR) is 73.9 cm³/mol. The Labute approximate surface area is 118 Å². The molecule has 0 saturated heterocycles. The highest BCUT2D eigenvalue weighted by Gasteiger charge is 2.12. The third kappa shape index (κ3) is 5.46. The lowest BCUT2D eigenvalue weighted by atomic mass is 10.3. The van der Waals surface area contributed by atoms with Crippen molar-refractivity contribution in [3.05, 3.63) is 24.3 Å². The predicted octanol–water partition coefficient (Wildman–Crippen LogP) is 0.277. The first-order chi connectivity index (χ1) is 9.71. The van der Waals surface area contributed by atoms with E-state index in [4.69, 9.17) is 19.7 Å². The van der Waals surface area contributed by atoms with Gasteiger partial charge in [-0.2, -0.15) is 0 Å². The average molecular weight is 283 g/mol. The summed E-state index contributed by atoms with van der Waals surface area (Å²) in [5, 5.41) is 17.7. The molecule has 0 aliphatic carbocycles. The SMILES string of the molecule is CCOc1ccc(OCC(=O)N(CCO)CCO)cc1. The molecule has 0 bridgehead atoms. The molecule has 0 atom stereocenters. The van der Waals surface area contributed by atoms with Crippen LogP contribution in [0.1, 0.15) is 6.92 Å². The molecular formula is C14H21NO5. The maximum atomic E-state index is 11.8. The van der Waals surface area contributed by atoms with E-state index in [1.807, 2.05) is 6.92 Å². The summed E-state index contributed by atoms with van der Waals surface area (Å²) in [6.07, 6.45) is 0. The lowest BCUT2D eigenvalue weighted by Crippen LogP contribution is -2.38. The van der Waals surface area contributed by atoms with Gasteiger partial charge in [-0.15, -0.1) is 0 Å². The van der Waals surface area contributed by atoms with Crippen molar-refractivity contribution in [1.29, 1.82) is 0 Å². The van der Waals surface area contributed by atoms with Gasteiger partial charge >= 0.3 is 0 Å². The minimum absolute atomic E-state index is 0.131. The first kappa shape index (κ1) is 16.3. The summed E-state index contributed by atoms with van der Waals surface area (Å²) in [6, 6.07) is 6.98. The number of amides is 1. The second kappa shape index (κ2) is 9.17. The summed E-state index contributed by atoms with van der Waals surface area (Å²) in [7, 11) is 0. The quantitative estimate of drug-likeness (QED) is 0.680. The highest BCUT2D eigenvalue weighted by Crippen LogP contribution is 2.17. The number of carbonyl (C=O) groups excluding carboxylic acids is 1. The molecule has 0 aliphatic heterocycles. The smallest absolute Gasteiger partial charge is 0.260 e. The zero-order valence-corrected chi connectivity index (χ0v) is 11.6. The lowest BCUT2D eigenvalue weighted by Gasteiger charge is -2.20. The van der Waals surface area contributed by atoms with E-state index in [9.17, 15) is 4.79 Å². The van der Waals surface area contributed by atoms with Crippen molar-refractivity contribution in [2.24, 2.45) is 0 Å². The lowest BCUT2D eigenvalue weighted by molar-refractivity contribution is -0.134. The molecule has 0 aliphatic rings. The van der Waals surface area contributed by atoms with Gasteiger partial charge in [0, 0.05) is 13.1 Å². The minimum Gasteiger partial charge on any atom is -0.494 e. The summed E-state index contributed by atoms with van der Waals surface area (Å²) in [4.78, 5) is 13.2. The number of rotatable bonds is 9. The molecule has 1 aromatic carbocycles. The van der Waals surface area contributed by atoms with Gasteiger partial charge in [0.15, 0.2) is 6.61 Å². The Hall–Kier alpha value is -1.79. The molecule has 0 radical (unpaired) electrons. The fourth-order valence-electron chi connectivity index (χ4n) is 1.64. The number of hydrogen-bond acceptors (Lipinski definition) is 5. The number of carbonyl (C=O) groups is 1. The summed E-state index contributed by atoms with van der Waals surface area (Å²) in [5.74, 6) is 1.03. The number of nitrogens with zero attached hydrogens (tertiary/aromatic N) is 1. The van der Waals surface area contributed by atoms with Crippen molar-refractivity contribution < 1.29 is 24.5 Å². The molecule has 2 N–H and O–H groups in total. The molecule has 1 aromatic rings. The summed E-state index contributed by atoms with van der Waals surface area (Å²) < 4.78 is 10.7. The van der Waals surface area contributed by atoms with E-state index in [1.54, 1.807) is 24.3 Å². The van der Waals surface area contributed by atoms with Crippen molar-refractivity contribution in [2.45, 2.75) is 6.92 Å². The van der Waals surface area contributed by atoms with E-state index in [0.717, 1.165) is 5.75 Å². The summed E-state index contributed by atoms with van der Waals surface area (Å²) >= 11 is 0. The van der Waals surface area contributed by atoms with Gasteiger partial charge in [0.1, 0.15) is 11.5 Å². The minimum atomic E-state index is -0.276. The van der Waals surface area contributed by atoms with E-state index in [2.05, 4.69) is 0 Å². The van der Waals surface area contributed by atoms with Gasteiger partial charge in [0.05, 0.1) is 19.8 Å². The van der Waals surface area contributed by atoms with Crippen molar-refractivity contribution in [3.8, 4) is 11.5 Å². The van der Waals surface area contributed by atoms with Gasteiger partial charge in [-0.25, -0.2) is 0 Å². The molecule has 20 heavy (non-hydrogen) atoms. The maximum Gasteiger partial charge on any atom is 0.260 e. The van der Waals surface area contributed by atoms with Crippen LogP contribution in [-0.2, 0) is 4.79 Å². The fraction of sp³-hybridized carbons (Fsp3) is 0.500. The normalized spacial score (nSPS) is 10.2. The molecular weight excluding hydrogens is 262 g/mol. The zero-order valence-electron chi connectivity index (χ0n) is 11.6. The van der Waals surface area contributed by atoms with E-state index in [0.29, 0.717) is 12.4 Å². The molecule has 0 heterocycles. The van der Waals surface area contributed by atoms with Crippen LogP contribution in [-0.4, -0.2) is 60.5 Å². The van der Waals surface area contributed by atoms with Crippen LogP contribution in [0.4, 0.5) is 0 Å². The first-order valence-electron chi connectivity index (χ1n) is 6.56. The molecule has 112 valence electrons. The molecule has 6 heteroatoms. The fourth-order valence-corrected chi connectivity index (χ4v) is 1.64. The third-order valence-corrected chi connectivity index (χ3v) is 2.59. The van der Waals surface area contributed by atoms with Crippen LogP contribution >= 0.6 is 0 Å². The Morgan fingerprint density at radius 2 is 1.55 bits per heavy atom. The molecule has 0 aromatic heterocycles. The summed E-state index contributed by atoms with van der Waals surface area (Å²) in [5.41, 5.74) is 0. The average Bonchev–Trinajstić information content (AvgIpc) is 2.46. The van der Waals surface area contributed by atoms with Gasteiger partial charge in [-0.3, -0.25) is 4.79 Å². The first-order valence-corrected chi connectivity index (χ1v) is 6.56. The summed E-state index contributed by atoms with van der Waals surface area (Å²) in [6.45, 7) is 2.45. The van der Waals surface area contributed by atoms with Crippen LogP contribution in [0, 0.1) is 0 Å². The number of aliphatic hydroxyl groups is 2. The van der Waals surface area contributed by atoms with Crippen molar-refractivity contribution in [2.75, 3.05) is 39.5 Å². The molecule has 1 rings (SSSR count). The maximum absolute atomic E-state index is 11.8. The van der Waals surface area contributed by atoms with E-state index >= 15 is 0 Å². The standard InChI is InChI=1S/C14H21NO5/c1-2-19-12-3-5-13(6-4-12)20-11-14(18)15(7-9-16)8-10-17/h3-6,16-17H,2,7-11H2,1H3. The van der Waals surface area contributed by atoms with Gasteiger partial charge in [0.2, 0.25) is 0 Å². The van der Waals surface area contributed by atoms with Crippen LogP contribution in [0.15, 0.2) is 24.3 Å². The molecule has 6 nitrogen and oxygen atoms in total. The van der Waals surface area contributed by atoms with E-state index in [1.165, 1.54) is 4.90 Å². The Morgan fingerprint density at radius 1 is 1.05 bits per heavy atom. The number of aliphatic hydroxyl groups excluding tert-OH is 2. The number of benzene rings is 1. The van der Waals surface area contributed by atoms with Crippen molar-refractivity contribution in [1.82, 2.24) is 4.90 Å². The topological polar surface area (TPSA) is 79.2 Å². The Kier molecular flexibility index (Phi) is 7.46. The third-order valence-electron chi connectivity index (χ3n) is 2.59. The number of hydrogen-bond donors (Lipinski definition) is 2. The van der Waals surface area contributed by atoms with Gasteiger partial charge in [-0.1, -0.05) is 0 Å². The van der Waals surface area contributed by atoms with Crippen LogP contribution < -0.4 is 9.47 Å². The van der Waals surface area contributed by atoms with E-state index in [-0.39, 0.29) is 38.8 Å². The molecule has 0 spiro atoms. The molecule has 0 fully saturated rings.